The Hall–Kier alpha value is -2.37. The highest BCUT2D eigenvalue weighted by Gasteiger charge is 2.27. The number of aryl methyl sites for hydroxylation is 1. The summed E-state index contributed by atoms with van der Waals surface area (Å²) < 4.78 is 10.5. The lowest BCUT2D eigenvalue weighted by atomic mass is 9.99. The standard InChI is InChI=1S/C16H20N4O2/c1-10-7-12(21-3)8-15(18-10)20-6-5-14-13(11(20)2)9-17-16(19-14)22-4/h7-9,11H,5-6H2,1-4H3. The molecule has 2 aromatic heterocycles. The quantitative estimate of drug-likeness (QED) is 0.867. The summed E-state index contributed by atoms with van der Waals surface area (Å²) in [5.41, 5.74) is 3.11. The van der Waals surface area contributed by atoms with Gasteiger partial charge in [-0.15, -0.1) is 0 Å². The van der Waals surface area contributed by atoms with Gasteiger partial charge in [-0.1, -0.05) is 0 Å². The fraction of sp³-hybridized carbons (Fsp3) is 0.438. The van der Waals surface area contributed by atoms with Gasteiger partial charge in [-0.3, -0.25) is 0 Å². The molecule has 1 aliphatic rings. The largest absolute Gasteiger partial charge is 0.497 e. The van der Waals surface area contributed by atoms with Gasteiger partial charge in [-0.2, -0.15) is 4.98 Å². The van der Waals surface area contributed by atoms with Crippen molar-refractivity contribution in [3.8, 4) is 11.8 Å². The van der Waals surface area contributed by atoms with Gasteiger partial charge in [0.25, 0.3) is 0 Å². The lowest BCUT2D eigenvalue weighted by Gasteiger charge is -2.35. The number of nitrogens with zero attached hydrogens (tertiary/aromatic N) is 4. The van der Waals surface area contributed by atoms with Crippen molar-refractivity contribution in [1.29, 1.82) is 0 Å². The van der Waals surface area contributed by atoms with Gasteiger partial charge in [0, 0.05) is 42.6 Å². The van der Waals surface area contributed by atoms with Gasteiger partial charge in [0.2, 0.25) is 0 Å². The normalized spacial score (nSPS) is 17.1. The van der Waals surface area contributed by atoms with Crippen LogP contribution in [0.15, 0.2) is 18.3 Å². The molecule has 3 rings (SSSR count). The molecule has 6 heteroatoms. The van der Waals surface area contributed by atoms with Crippen LogP contribution in [0.25, 0.3) is 0 Å². The number of hydrogen-bond donors (Lipinski definition) is 0. The maximum absolute atomic E-state index is 5.35. The molecule has 2 aromatic rings. The van der Waals surface area contributed by atoms with Gasteiger partial charge in [0.1, 0.15) is 11.6 Å². The van der Waals surface area contributed by atoms with Crippen LogP contribution in [0.4, 0.5) is 5.82 Å². The molecule has 1 atom stereocenters. The molecule has 0 fully saturated rings. The zero-order valence-electron chi connectivity index (χ0n) is 13.3. The first kappa shape index (κ1) is 14.6. The number of anilines is 1. The number of hydrogen-bond acceptors (Lipinski definition) is 6. The first-order valence-electron chi connectivity index (χ1n) is 7.31. The van der Waals surface area contributed by atoms with Gasteiger partial charge in [0.15, 0.2) is 0 Å². The van der Waals surface area contributed by atoms with E-state index < -0.39 is 0 Å². The summed E-state index contributed by atoms with van der Waals surface area (Å²) in [7, 11) is 3.26. The Morgan fingerprint density at radius 2 is 2.00 bits per heavy atom. The van der Waals surface area contributed by atoms with Crippen molar-refractivity contribution in [2.24, 2.45) is 0 Å². The maximum Gasteiger partial charge on any atom is 0.316 e. The number of methoxy groups -OCH3 is 2. The molecular formula is C16H20N4O2. The molecule has 0 aromatic carbocycles. The molecule has 0 bridgehead atoms. The molecule has 0 radical (unpaired) electrons. The maximum atomic E-state index is 5.35. The Morgan fingerprint density at radius 3 is 2.73 bits per heavy atom. The van der Waals surface area contributed by atoms with Crippen LogP contribution in [0.2, 0.25) is 0 Å². The fourth-order valence-electron chi connectivity index (χ4n) is 2.84. The molecule has 0 aliphatic carbocycles. The summed E-state index contributed by atoms with van der Waals surface area (Å²) in [6.45, 7) is 4.97. The highest BCUT2D eigenvalue weighted by molar-refractivity contribution is 5.49. The Kier molecular flexibility index (Phi) is 3.83. The van der Waals surface area contributed by atoms with E-state index in [1.807, 2.05) is 25.3 Å². The van der Waals surface area contributed by atoms with Crippen LogP contribution >= 0.6 is 0 Å². The molecule has 3 heterocycles. The Bertz CT molecular complexity index is 690. The highest BCUT2D eigenvalue weighted by Crippen LogP contribution is 2.33. The van der Waals surface area contributed by atoms with Gasteiger partial charge >= 0.3 is 6.01 Å². The lowest BCUT2D eigenvalue weighted by Crippen LogP contribution is -2.35. The number of aromatic nitrogens is 3. The molecule has 1 unspecified atom stereocenters. The first-order valence-corrected chi connectivity index (χ1v) is 7.31. The average molecular weight is 300 g/mol. The third kappa shape index (κ3) is 2.56. The van der Waals surface area contributed by atoms with E-state index >= 15 is 0 Å². The van der Waals surface area contributed by atoms with E-state index in [2.05, 4.69) is 26.8 Å². The number of pyridine rings is 1. The zero-order chi connectivity index (χ0) is 15.7. The van der Waals surface area contributed by atoms with E-state index in [4.69, 9.17) is 9.47 Å². The topological polar surface area (TPSA) is 60.4 Å². The van der Waals surface area contributed by atoms with Crippen molar-refractivity contribution >= 4 is 5.82 Å². The summed E-state index contributed by atoms with van der Waals surface area (Å²) in [6.07, 6.45) is 2.70. The van der Waals surface area contributed by atoms with Gasteiger partial charge in [-0.25, -0.2) is 9.97 Å². The van der Waals surface area contributed by atoms with Crippen molar-refractivity contribution in [3.63, 3.8) is 0 Å². The molecule has 116 valence electrons. The first-order chi connectivity index (χ1) is 10.6. The SMILES string of the molecule is COc1cc(C)nc(N2CCc3nc(OC)ncc3C2C)c1. The Balaban J connectivity index is 1.95. The van der Waals surface area contributed by atoms with E-state index in [-0.39, 0.29) is 6.04 Å². The van der Waals surface area contributed by atoms with Crippen molar-refractivity contribution in [2.45, 2.75) is 26.3 Å². The third-order valence-corrected chi connectivity index (χ3v) is 4.01. The van der Waals surface area contributed by atoms with Crippen LogP contribution in [0.5, 0.6) is 11.8 Å². The number of fused-ring (bicyclic) bond motifs is 1. The average Bonchev–Trinajstić information content (AvgIpc) is 2.54. The second-order valence-corrected chi connectivity index (χ2v) is 5.38. The van der Waals surface area contributed by atoms with Gasteiger partial charge in [0.05, 0.1) is 26.0 Å². The minimum absolute atomic E-state index is 0.161. The smallest absolute Gasteiger partial charge is 0.316 e. The van der Waals surface area contributed by atoms with Crippen LogP contribution in [0.1, 0.15) is 29.9 Å². The van der Waals surface area contributed by atoms with Crippen molar-refractivity contribution in [1.82, 2.24) is 15.0 Å². The zero-order valence-corrected chi connectivity index (χ0v) is 13.3. The van der Waals surface area contributed by atoms with Crippen LogP contribution < -0.4 is 14.4 Å². The molecular weight excluding hydrogens is 280 g/mol. The predicted molar refractivity (Wildman–Crippen MR) is 83.6 cm³/mol. The van der Waals surface area contributed by atoms with Crippen LogP contribution in [0.3, 0.4) is 0 Å². The molecule has 0 amide bonds. The van der Waals surface area contributed by atoms with E-state index in [9.17, 15) is 0 Å². The fourth-order valence-corrected chi connectivity index (χ4v) is 2.84. The van der Waals surface area contributed by atoms with E-state index in [0.717, 1.165) is 41.5 Å². The van der Waals surface area contributed by atoms with E-state index in [1.54, 1.807) is 14.2 Å². The van der Waals surface area contributed by atoms with Crippen LogP contribution in [0, 0.1) is 6.92 Å². The van der Waals surface area contributed by atoms with E-state index in [1.165, 1.54) is 0 Å². The predicted octanol–water partition coefficient (Wildman–Crippen LogP) is 2.32. The molecule has 6 nitrogen and oxygen atoms in total. The van der Waals surface area contributed by atoms with Crippen molar-refractivity contribution < 1.29 is 9.47 Å². The van der Waals surface area contributed by atoms with Crippen LogP contribution in [-0.2, 0) is 6.42 Å². The lowest BCUT2D eigenvalue weighted by molar-refractivity contribution is 0.375. The van der Waals surface area contributed by atoms with Gasteiger partial charge < -0.3 is 14.4 Å². The van der Waals surface area contributed by atoms with Crippen molar-refractivity contribution in [3.05, 3.63) is 35.3 Å². The minimum atomic E-state index is 0.161. The Labute approximate surface area is 130 Å². The van der Waals surface area contributed by atoms with Crippen LogP contribution in [-0.4, -0.2) is 35.7 Å². The molecule has 22 heavy (non-hydrogen) atoms. The molecule has 0 saturated carbocycles. The molecule has 1 aliphatic heterocycles. The van der Waals surface area contributed by atoms with Crippen molar-refractivity contribution in [2.75, 3.05) is 25.7 Å². The molecule has 0 N–H and O–H groups in total. The second kappa shape index (κ2) is 5.79. The summed E-state index contributed by atoms with van der Waals surface area (Å²) >= 11 is 0. The number of rotatable bonds is 3. The highest BCUT2D eigenvalue weighted by atomic mass is 16.5. The minimum Gasteiger partial charge on any atom is -0.497 e. The molecule has 0 saturated heterocycles. The third-order valence-electron chi connectivity index (χ3n) is 4.01. The summed E-state index contributed by atoms with van der Waals surface area (Å²) in [5.74, 6) is 1.75. The Morgan fingerprint density at radius 1 is 1.18 bits per heavy atom. The summed E-state index contributed by atoms with van der Waals surface area (Å²) in [5, 5.41) is 0. The second-order valence-electron chi connectivity index (χ2n) is 5.38. The summed E-state index contributed by atoms with van der Waals surface area (Å²) in [6, 6.07) is 4.49. The van der Waals surface area contributed by atoms with E-state index in [0.29, 0.717) is 6.01 Å². The molecule has 0 spiro atoms. The van der Waals surface area contributed by atoms with Gasteiger partial charge in [-0.05, 0) is 13.8 Å². The summed E-state index contributed by atoms with van der Waals surface area (Å²) in [4.78, 5) is 15.6. The monoisotopic (exact) mass is 300 g/mol. The number of ether oxygens (including phenoxy) is 2.